The first kappa shape index (κ1) is 28.1. The van der Waals surface area contributed by atoms with Gasteiger partial charge in [-0.15, -0.1) is 28.1 Å². The molecule has 202 valence electrons. The van der Waals surface area contributed by atoms with Crippen molar-refractivity contribution in [2.75, 3.05) is 18.2 Å². The number of benzene rings is 2. The predicted octanol–water partition coefficient (Wildman–Crippen LogP) is 6.47. The van der Waals surface area contributed by atoms with E-state index in [4.69, 9.17) is 9.47 Å². The fourth-order valence-corrected chi connectivity index (χ4v) is 5.76. The fraction of sp³-hybridized carbons (Fsp3) is 0.241. The van der Waals surface area contributed by atoms with Crippen LogP contribution in [-0.4, -0.2) is 39.5 Å². The van der Waals surface area contributed by atoms with Gasteiger partial charge in [-0.1, -0.05) is 59.8 Å². The monoisotopic (exact) mass is 562 g/mol. The summed E-state index contributed by atoms with van der Waals surface area (Å²) in [6.07, 6.45) is 1.38. The number of anilines is 1. The van der Waals surface area contributed by atoms with Crippen molar-refractivity contribution >= 4 is 40.0 Å². The first-order valence-corrected chi connectivity index (χ1v) is 14.1. The molecule has 1 atom stereocenters. The van der Waals surface area contributed by atoms with Crippen LogP contribution in [0.5, 0.6) is 5.75 Å². The smallest absolute Gasteiger partial charge is 0.341 e. The Labute approximate surface area is 236 Å². The molecule has 0 spiro atoms. The van der Waals surface area contributed by atoms with E-state index in [0.717, 1.165) is 28.0 Å². The van der Waals surface area contributed by atoms with Gasteiger partial charge in [-0.3, -0.25) is 9.36 Å². The molecule has 0 saturated carbocycles. The number of nitrogens with one attached hydrogen (secondary N) is 1. The molecule has 10 heteroatoms. The maximum atomic E-state index is 13.0. The molecule has 0 aliphatic heterocycles. The third-order valence-corrected chi connectivity index (χ3v) is 7.79. The molecule has 0 aliphatic rings. The van der Waals surface area contributed by atoms with E-state index in [9.17, 15) is 9.59 Å². The highest BCUT2D eigenvalue weighted by atomic mass is 32.2. The molecule has 4 rings (SSSR count). The molecule has 0 fully saturated rings. The largest absolute Gasteiger partial charge is 0.483 e. The SMILES string of the molecule is C=CCn1c(SCC(=O)Nc2scc(-c3cc(C)ccc3C)c2C(=O)OC)nnc1C(C)Oc1ccccc1. The van der Waals surface area contributed by atoms with Crippen molar-refractivity contribution in [3.63, 3.8) is 0 Å². The van der Waals surface area contributed by atoms with Gasteiger partial charge in [-0.2, -0.15) is 0 Å². The molecular weight excluding hydrogens is 532 g/mol. The summed E-state index contributed by atoms with van der Waals surface area (Å²) in [7, 11) is 1.33. The minimum atomic E-state index is -0.502. The van der Waals surface area contributed by atoms with E-state index in [2.05, 4.69) is 22.1 Å². The number of thioether (sulfide) groups is 1. The van der Waals surface area contributed by atoms with Gasteiger partial charge in [0.05, 0.1) is 12.9 Å². The van der Waals surface area contributed by atoms with Crippen molar-refractivity contribution < 1.29 is 19.1 Å². The Kier molecular flexibility index (Phi) is 9.21. The summed E-state index contributed by atoms with van der Waals surface area (Å²) in [6, 6.07) is 15.5. The van der Waals surface area contributed by atoms with E-state index in [-0.39, 0.29) is 17.8 Å². The number of para-hydroxylation sites is 1. The zero-order chi connectivity index (χ0) is 27.9. The molecule has 39 heavy (non-hydrogen) atoms. The second-order valence-electron chi connectivity index (χ2n) is 8.81. The Hall–Kier alpha value is -3.89. The second-order valence-corrected chi connectivity index (χ2v) is 10.6. The predicted molar refractivity (Wildman–Crippen MR) is 156 cm³/mol. The summed E-state index contributed by atoms with van der Waals surface area (Å²) in [5.74, 6) is 0.650. The molecule has 0 bridgehead atoms. The molecule has 2 heterocycles. The van der Waals surface area contributed by atoms with E-state index in [1.54, 1.807) is 6.08 Å². The van der Waals surface area contributed by atoms with Crippen LogP contribution in [-0.2, 0) is 16.1 Å². The number of carbonyl (C=O) groups is 2. The number of rotatable bonds is 11. The number of hydrogen-bond donors (Lipinski definition) is 1. The molecule has 0 saturated heterocycles. The van der Waals surface area contributed by atoms with Crippen molar-refractivity contribution in [1.29, 1.82) is 0 Å². The minimum absolute atomic E-state index is 0.0700. The molecule has 2 aromatic heterocycles. The maximum Gasteiger partial charge on any atom is 0.341 e. The summed E-state index contributed by atoms with van der Waals surface area (Å²) in [5, 5.41) is 14.4. The number of ether oxygens (including phenoxy) is 2. The van der Waals surface area contributed by atoms with E-state index in [0.29, 0.717) is 28.1 Å². The average molecular weight is 563 g/mol. The summed E-state index contributed by atoms with van der Waals surface area (Å²) in [5.41, 5.74) is 4.11. The van der Waals surface area contributed by atoms with Crippen LogP contribution in [0.15, 0.2) is 71.7 Å². The van der Waals surface area contributed by atoms with Gasteiger partial charge in [-0.05, 0) is 44.0 Å². The highest BCUT2D eigenvalue weighted by Crippen LogP contribution is 2.38. The zero-order valence-corrected chi connectivity index (χ0v) is 23.9. The van der Waals surface area contributed by atoms with Crippen LogP contribution >= 0.6 is 23.1 Å². The number of hydrogen-bond acceptors (Lipinski definition) is 8. The summed E-state index contributed by atoms with van der Waals surface area (Å²) < 4.78 is 13.0. The van der Waals surface area contributed by atoms with Gasteiger partial charge >= 0.3 is 5.97 Å². The van der Waals surface area contributed by atoms with Gasteiger partial charge in [0.1, 0.15) is 16.3 Å². The normalized spacial score (nSPS) is 11.6. The number of amides is 1. The standard InChI is InChI=1S/C29H30N4O4S2/c1-6-14-33-26(20(4)37-21-10-8-7-9-11-21)31-32-29(33)39-17-24(34)30-27-25(28(35)36-5)23(16-38-27)22-15-18(2)12-13-19(22)3/h6-13,15-16,20H,1,14,17H2,2-5H3,(H,30,34). The molecule has 8 nitrogen and oxygen atoms in total. The van der Waals surface area contributed by atoms with Crippen LogP contribution in [0, 0.1) is 13.8 Å². The first-order chi connectivity index (χ1) is 18.8. The Bertz CT molecular complexity index is 1480. The third kappa shape index (κ3) is 6.58. The van der Waals surface area contributed by atoms with Crippen LogP contribution in [0.4, 0.5) is 5.00 Å². The van der Waals surface area contributed by atoms with Gasteiger partial charge in [0.25, 0.3) is 0 Å². The highest BCUT2D eigenvalue weighted by Gasteiger charge is 2.24. The van der Waals surface area contributed by atoms with Gasteiger partial charge < -0.3 is 14.8 Å². The molecule has 1 N–H and O–H groups in total. The quantitative estimate of drug-likeness (QED) is 0.127. The number of aryl methyl sites for hydroxylation is 2. The Morgan fingerprint density at radius 1 is 1.15 bits per heavy atom. The average Bonchev–Trinajstić information content (AvgIpc) is 3.53. The number of nitrogens with zero attached hydrogens (tertiary/aromatic N) is 3. The lowest BCUT2D eigenvalue weighted by Crippen LogP contribution is -2.17. The fourth-order valence-electron chi connectivity index (χ4n) is 4.04. The Morgan fingerprint density at radius 2 is 1.92 bits per heavy atom. The Balaban J connectivity index is 1.50. The van der Waals surface area contributed by atoms with Crippen LogP contribution in [0.25, 0.3) is 11.1 Å². The summed E-state index contributed by atoms with van der Waals surface area (Å²) in [6.45, 7) is 10.2. The Morgan fingerprint density at radius 3 is 2.64 bits per heavy atom. The second kappa shape index (κ2) is 12.8. The third-order valence-electron chi connectivity index (χ3n) is 5.93. The molecule has 4 aromatic rings. The topological polar surface area (TPSA) is 95.3 Å². The maximum absolute atomic E-state index is 13.0. The van der Waals surface area contributed by atoms with E-state index < -0.39 is 5.97 Å². The van der Waals surface area contributed by atoms with Crippen molar-refractivity contribution in [3.05, 3.63) is 89.1 Å². The molecule has 0 aliphatic carbocycles. The van der Waals surface area contributed by atoms with Crippen molar-refractivity contribution in [2.24, 2.45) is 0 Å². The molecule has 2 aromatic carbocycles. The van der Waals surface area contributed by atoms with Crippen LogP contribution in [0.3, 0.4) is 0 Å². The minimum Gasteiger partial charge on any atom is -0.483 e. The summed E-state index contributed by atoms with van der Waals surface area (Å²) in [4.78, 5) is 25.7. The van der Waals surface area contributed by atoms with Gasteiger partial charge in [0, 0.05) is 17.5 Å². The summed E-state index contributed by atoms with van der Waals surface area (Å²) >= 11 is 2.54. The van der Waals surface area contributed by atoms with Crippen LogP contribution in [0.1, 0.15) is 40.3 Å². The van der Waals surface area contributed by atoms with Gasteiger partial charge in [0.15, 0.2) is 17.1 Å². The molecule has 0 radical (unpaired) electrons. The number of thiophene rings is 1. The molecular formula is C29H30N4O4S2. The number of allylic oxidation sites excluding steroid dienone is 1. The van der Waals surface area contributed by atoms with Gasteiger partial charge in [0.2, 0.25) is 5.91 Å². The van der Waals surface area contributed by atoms with E-state index in [1.807, 2.05) is 79.2 Å². The lowest BCUT2D eigenvalue weighted by molar-refractivity contribution is -0.113. The number of esters is 1. The van der Waals surface area contributed by atoms with Crippen molar-refractivity contribution in [2.45, 2.75) is 38.6 Å². The van der Waals surface area contributed by atoms with Crippen molar-refractivity contribution in [1.82, 2.24) is 14.8 Å². The molecule has 1 amide bonds. The number of carbonyl (C=O) groups excluding carboxylic acids is 2. The van der Waals surface area contributed by atoms with E-state index in [1.165, 1.54) is 30.2 Å². The first-order valence-electron chi connectivity index (χ1n) is 12.3. The van der Waals surface area contributed by atoms with E-state index >= 15 is 0 Å². The molecule has 1 unspecified atom stereocenters. The van der Waals surface area contributed by atoms with Crippen LogP contribution < -0.4 is 10.1 Å². The highest BCUT2D eigenvalue weighted by molar-refractivity contribution is 7.99. The number of aromatic nitrogens is 3. The van der Waals surface area contributed by atoms with Crippen LogP contribution in [0.2, 0.25) is 0 Å². The number of methoxy groups -OCH3 is 1. The lowest BCUT2D eigenvalue weighted by atomic mass is 9.97. The lowest BCUT2D eigenvalue weighted by Gasteiger charge is -2.15. The van der Waals surface area contributed by atoms with Gasteiger partial charge in [-0.25, -0.2) is 4.79 Å². The van der Waals surface area contributed by atoms with Crippen molar-refractivity contribution in [3.8, 4) is 16.9 Å². The zero-order valence-electron chi connectivity index (χ0n) is 22.3.